The maximum atomic E-state index is 2.86. The van der Waals surface area contributed by atoms with Crippen LogP contribution >= 0.6 is 0 Å². The third kappa shape index (κ3) is 5.59. The monoisotopic (exact) mass is 979 g/mol. The van der Waals surface area contributed by atoms with Gasteiger partial charge in [-0.1, -0.05) is 184 Å². The number of nitrogens with zero attached hydrogens (tertiary/aromatic N) is 2. The zero-order valence-electron chi connectivity index (χ0n) is 44.9. The van der Waals surface area contributed by atoms with Crippen molar-refractivity contribution in [1.29, 1.82) is 0 Å². The van der Waals surface area contributed by atoms with Crippen molar-refractivity contribution in [1.82, 2.24) is 9.13 Å². The molecule has 5 heterocycles. The molecule has 1 spiro atoms. The lowest BCUT2D eigenvalue weighted by molar-refractivity contribution is 0.224. The van der Waals surface area contributed by atoms with Gasteiger partial charge in [-0.15, -0.1) is 0 Å². The van der Waals surface area contributed by atoms with Gasteiger partial charge in [0.1, 0.15) is 0 Å². The molecule has 3 aliphatic heterocycles. The highest BCUT2D eigenvalue weighted by Gasteiger charge is 2.55. The van der Waals surface area contributed by atoms with Crippen LogP contribution in [0.5, 0.6) is 0 Å². The second-order valence-corrected chi connectivity index (χ2v) is 26.1. The molecule has 2 nitrogen and oxygen atoms in total. The molecule has 0 amide bonds. The Balaban J connectivity index is 1.10. The van der Waals surface area contributed by atoms with E-state index in [1.54, 1.807) is 11.1 Å². The summed E-state index contributed by atoms with van der Waals surface area (Å²) in [7, 11) is 0. The van der Waals surface area contributed by atoms with Crippen LogP contribution in [-0.4, -0.2) is 15.8 Å². The lowest BCUT2D eigenvalue weighted by Gasteiger charge is -2.44. The molecule has 2 saturated carbocycles. The molecule has 0 saturated heterocycles. The molecular weight excluding hydrogens is 916 g/mol. The van der Waals surface area contributed by atoms with Crippen molar-refractivity contribution in [2.24, 2.45) is 10.8 Å². The Hall–Kier alpha value is -7.36. The van der Waals surface area contributed by atoms with Gasteiger partial charge in [-0.25, -0.2) is 0 Å². The first kappa shape index (κ1) is 43.8. The van der Waals surface area contributed by atoms with Gasteiger partial charge in [0.05, 0.1) is 22.1 Å². The fourth-order valence-electron chi connectivity index (χ4n) is 16.8. The summed E-state index contributed by atoms with van der Waals surface area (Å²) in [5.74, 6) is 1.05. The van der Waals surface area contributed by atoms with E-state index in [0.29, 0.717) is 22.7 Å². The predicted molar refractivity (Wildman–Crippen MR) is 321 cm³/mol. The maximum Gasteiger partial charge on any atom is 0.252 e. The topological polar surface area (TPSA) is 9.86 Å². The normalized spacial score (nSPS) is 18.2. The van der Waals surface area contributed by atoms with Crippen molar-refractivity contribution in [3.63, 3.8) is 0 Å². The van der Waals surface area contributed by atoms with Crippen LogP contribution < -0.4 is 16.4 Å². The van der Waals surface area contributed by atoms with E-state index >= 15 is 0 Å². The first-order chi connectivity index (χ1) is 37.0. The first-order valence-electron chi connectivity index (χ1n) is 28.8. The van der Waals surface area contributed by atoms with Crippen LogP contribution in [0.15, 0.2) is 164 Å². The summed E-state index contributed by atoms with van der Waals surface area (Å²) in [6.45, 7) is 14.6. The predicted octanol–water partition coefficient (Wildman–Crippen LogP) is 17.0. The Morgan fingerprint density at radius 2 is 1.03 bits per heavy atom. The lowest BCUT2D eigenvalue weighted by Crippen LogP contribution is -2.60. The van der Waals surface area contributed by atoms with E-state index in [1.807, 2.05) is 0 Å². The SMILES string of the molecule is Cc1ccc2c(c1)C1(c3cc(C)ccc3-2)c2ccc3c4c2-n2c5c(cc(C6CCC(C)(C)CC6)cc5c5cc(C6CCC(C)(C)CC6)cc1c52)B4c1cc2ccccc2c2c(-c4ccccc4)c(-c4ccccc4)n-3c12. The molecule has 76 heavy (non-hydrogen) atoms. The Morgan fingerprint density at radius 1 is 0.461 bits per heavy atom. The quantitative estimate of drug-likeness (QED) is 0.156. The lowest BCUT2D eigenvalue weighted by atomic mass is 9.33. The number of aromatic nitrogens is 2. The third-order valence-electron chi connectivity index (χ3n) is 20.6. The van der Waals surface area contributed by atoms with E-state index in [2.05, 4.69) is 214 Å². The molecule has 3 heteroatoms. The Bertz CT molecular complexity index is 4320. The van der Waals surface area contributed by atoms with Gasteiger partial charge >= 0.3 is 0 Å². The molecule has 9 aromatic carbocycles. The number of rotatable bonds is 4. The van der Waals surface area contributed by atoms with Crippen molar-refractivity contribution < 1.29 is 0 Å². The molecule has 2 aromatic heterocycles. The highest BCUT2D eigenvalue weighted by atomic mass is 15.1. The molecule has 0 atom stereocenters. The van der Waals surface area contributed by atoms with Crippen LogP contribution in [0.4, 0.5) is 0 Å². The van der Waals surface area contributed by atoms with Crippen molar-refractivity contribution in [3.05, 3.63) is 208 Å². The minimum atomic E-state index is -0.535. The van der Waals surface area contributed by atoms with Crippen LogP contribution in [0.2, 0.25) is 0 Å². The van der Waals surface area contributed by atoms with Gasteiger partial charge in [0.25, 0.3) is 6.71 Å². The van der Waals surface area contributed by atoms with Gasteiger partial charge in [0.15, 0.2) is 0 Å². The van der Waals surface area contributed by atoms with Crippen LogP contribution in [-0.2, 0) is 5.41 Å². The highest BCUT2D eigenvalue weighted by molar-refractivity contribution is 7.00. The van der Waals surface area contributed by atoms with Gasteiger partial charge in [0.2, 0.25) is 0 Å². The number of hydrogen-bond donors (Lipinski definition) is 0. The minimum Gasteiger partial charge on any atom is -0.310 e. The Labute approximate surface area is 447 Å². The second-order valence-electron chi connectivity index (χ2n) is 26.1. The standard InChI is InChI=1S/C73H63BN2/c1-42-21-23-52-53-24-22-43(2)36-58(53)73(57(52)35-42)56-25-26-62-65-69(56)76-67-54(37-49(39-59(67)73)44-27-31-71(3,4)32-28-44)55-38-50(45-29-33-72(5,6)34-30-45)41-60(68(55)76)74(65)61-40-48-19-13-14-20-51(48)64-63(46-15-9-7-10-16-46)66(75(62)70(61)64)47-17-11-8-12-18-47/h7-26,35-41,44-45H,27-34H2,1-6H3. The number of fused-ring (bicyclic) bond motifs is 13. The molecule has 0 N–H and O–H groups in total. The fourth-order valence-corrected chi connectivity index (χ4v) is 16.8. The zero-order chi connectivity index (χ0) is 50.7. The van der Waals surface area contributed by atoms with Gasteiger partial charge in [-0.2, -0.15) is 0 Å². The molecule has 17 rings (SSSR count). The van der Waals surface area contributed by atoms with E-state index < -0.39 is 5.41 Å². The van der Waals surface area contributed by atoms with Crippen LogP contribution in [0.1, 0.15) is 135 Å². The van der Waals surface area contributed by atoms with Gasteiger partial charge in [0, 0.05) is 38.6 Å². The van der Waals surface area contributed by atoms with Crippen molar-refractivity contribution >= 4 is 66.6 Å². The molecule has 0 bridgehead atoms. The number of hydrogen-bond acceptors (Lipinski definition) is 0. The number of benzene rings is 9. The summed E-state index contributed by atoms with van der Waals surface area (Å²) in [5, 5.41) is 6.91. The van der Waals surface area contributed by atoms with Crippen LogP contribution in [0, 0.1) is 24.7 Å². The smallest absolute Gasteiger partial charge is 0.252 e. The Morgan fingerprint density at radius 3 is 1.67 bits per heavy atom. The minimum absolute atomic E-state index is 0.0139. The summed E-state index contributed by atoms with van der Waals surface area (Å²) < 4.78 is 5.61. The average molecular weight is 979 g/mol. The maximum absolute atomic E-state index is 2.86. The van der Waals surface area contributed by atoms with Crippen LogP contribution in [0.25, 0.3) is 88.4 Å². The number of aryl methyl sites for hydroxylation is 2. The van der Waals surface area contributed by atoms with E-state index in [4.69, 9.17) is 0 Å². The summed E-state index contributed by atoms with van der Waals surface area (Å²) in [6.07, 6.45) is 10.0. The molecule has 0 unspecified atom stereocenters. The van der Waals surface area contributed by atoms with Gasteiger partial charge in [-0.05, 0) is 189 Å². The largest absolute Gasteiger partial charge is 0.310 e. The van der Waals surface area contributed by atoms with E-state index in [-0.39, 0.29) is 6.71 Å². The molecule has 11 aromatic rings. The zero-order valence-corrected chi connectivity index (χ0v) is 44.9. The van der Waals surface area contributed by atoms with E-state index in [9.17, 15) is 0 Å². The summed E-state index contributed by atoms with van der Waals surface area (Å²) >= 11 is 0. The molecular formula is C73H63BN2. The van der Waals surface area contributed by atoms with E-state index in [0.717, 1.165) is 0 Å². The second kappa shape index (κ2) is 15.0. The molecule has 0 radical (unpaired) electrons. The molecule has 6 aliphatic rings. The molecule has 368 valence electrons. The van der Waals surface area contributed by atoms with Crippen LogP contribution in [0.3, 0.4) is 0 Å². The molecule has 3 aliphatic carbocycles. The van der Waals surface area contributed by atoms with Gasteiger partial charge in [-0.3, -0.25) is 0 Å². The molecule has 2 fully saturated rings. The highest BCUT2D eigenvalue weighted by Crippen LogP contribution is 2.63. The fraction of sp³-hybridized carbons (Fsp3) is 0.260. The van der Waals surface area contributed by atoms with Crippen molar-refractivity contribution in [2.45, 2.75) is 110 Å². The van der Waals surface area contributed by atoms with E-state index in [1.165, 1.54) is 190 Å². The summed E-state index contributed by atoms with van der Waals surface area (Å²) in [4.78, 5) is 0. The van der Waals surface area contributed by atoms with Crippen molar-refractivity contribution in [2.75, 3.05) is 0 Å². The van der Waals surface area contributed by atoms with Gasteiger partial charge < -0.3 is 9.13 Å². The average Bonchev–Trinajstić information content (AvgIpc) is 4.13. The Kier molecular flexibility index (Phi) is 8.64. The summed E-state index contributed by atoms with van der Waals surface area (Å²) in [5.41, 5.74) is 30.9. The van der Waals surface area contributed by atoms with Crippen molar-refractivity contribution in [3.8, 4) is 44.9 Å². The first-order valence-corrected chi connectivity index (χ1v) is 28.8. The third-order valence-corrected chi connectivity index (χ3v) is 20.6. The summed E-state index contributed by atoms with van der Waals surface area (Å²) in [6, 6.07) is 65.6.